The summed E-state index contributed by atoms with van der Waals surface area (Å²) < 4.78 is 5.59. The van der Waals surface area contributed by atoms with Crippen LogP contribution in [0.4, 0.5) is 0 Å². The molecule has 0 heterocycles. The fourth-order valence-corrected chi connectivity index (χ4v) is 2.02. The van der Waals surface area contributed by atoms with Crippen molar-refractivity contribution in [2.45, 2.75) is 39.2 Å². The van der Waals surface area contributed by atoms with Gasteiger partial charge in [-0.05, 0) is 44.0 Å². The van der Waals surface area contributed by atoms with Gasteiger partial charge in [-0.1, -0.05) is 19.1 Å². The molecule has 0 radical (unpaired) electrons. The molecule has 0 saturated heterocycles. The summed E-state index contributed by atoms with van der Waals surface area (Å²) >= 11 is 0. The van der Waals surface area contributed by atoms with E-state index in [2.05, 4.69) is 31.3 Å². The molecule has 0 aromatic heterocycles. The van der Waals surface area contributed by atoms with Crippen LogP contribution in [-0.4, -0.2) is 44.1 Å². The lowest BCUT2D eigenvalue weighted by Gasteiger charge is -2.14. The van der Waals surface area contributed by atoms with Gasteiger partial charge in [0.15, 0.2) is 0 Å². The fraction of sp³-hybridized carbons (Fsp3) is 0.588. The predicted molar refractivity (Wildman–Crippen MR) is 86.7 cm³/mol. The zero-order chi connectivity index (χ0) is 15.7. The Kier molecular flexibility index (Phi) is 7.83. The van der Waals surface area contributed by atoms with Gasteiger partial charge >= 0.3 is 0 Å². The molecule has 1 unspecified atom stereocenters. The molecule has 0 aliphatic heterocycles. The maximum absolute atomic E-state index is 11.4. The maximum Gasteiger partial charge on any atom is 0.225 e. The van der Waals surface area contributed by atoms with E-state index in [0.29, 0.717) is 19.1 Å². The van der Waals surface area contributed by atoms with Crippen molar-refractivity contribution in [3.63, 3.8) is 0 Å². The van der Waals surface area contributed by atoms with Crippen LogP contribution in [0.5, 0.6) is 5.75 Å². The third-order valence-electron chi connectivity index (χ3n) is 3.29. The zero-order valence-electron chi connectivity index (χ0n) is 13.7. The minimum absolute atomic E-state index is 0.0856. The van der Waals surface area contributed by atoms with E-state index in [1.165, 1.54) is 5.56 Å². The van der Waals surface area contributed by atoms with Crippen LogP contribution >= 0.6 is 0 Å². The molecular weight excluding hydrogens is 264 g/mol. The van der Waals surface area contributed by atoms with Crippen LogP contribution in [0.15, 0.2) is 24.3 Å². The van der Waals surface area contributed by atoms with E-state index in [0.717, 1.165) is 25.1 Å². The lowest BCUT2D eigenvalue weighted by Crippen LogP contribution is -2.28. The molecule has 0 bridgehead atoms. The molecular formula is C17H28N2O2. The van der Waals surface area contributed by atoms with Crippen molar-refractivity contribution in [2.75, 3.05) is 27.2 Å². The molecule has 4 nitrogen and oxygen atoms in total. The normalized spacial score (nSPS) is 12.0. The minimum atomic E-state index is 0.0856. The van der Waals surface area contributed by atoms with Gasteiger partial charge in [-0.3, -0.25) is 4.79 Å². The summed E-state index contributed by atoms with van der Waals surface area (Å²) in [4.78, 5) is 13.0. The fourth-order valence-electron chi connectivity index (χ4n) is 2.02. The molecule has 4 heteroatoms. The van der Waals surface area contributed by atoms with E-state index in [1.807, 2.05) is 12.1 Å². The Morgan fingerprint density at radius 3 is 2.52 bits per heavy atom. The van der Waals surface area contributed by atoms with Gasteiger partial charge in [0.1, 0.15) is 5.75 Å². The Morgan fingerprint density at radius 1 is 1.29 bits per heavy atom. The Hall–Kier alpha value is -1.55. The number of nitrogens with one attached hydrogen (secondary N) is 1. The molecule has 21 heavy (non-hydrogen) atoms. The van der Waals surface area contributed by atoms with Crippen molar-refractivity contribution in [3.05, 3.63) is 29.8 Å². The summed E-state index contributed by atoms with van der Waals surface area (Å²) in [5.41, 5.74) is 1.29. The molecule has 1 N–H and O–H groups in total. The summed E-state index contributed by atoms with van der Waals surface area (Å²) in [5.74, 6) is 0.905. The van der Waals surface area contributed by atoms with Crippen molar-refractivity contribution in [1.29, 1.82) is 0 Å². The van der Waals surface area contributed by atoms with Gasteiger partial charge in [0.05, 0.1) is 13.0 Å². The maximum atomic E-state index is 11.4. The van der Waals surface area contributed by atoms with Crippen molar-refractivity contribution < 1.29 is 9.53 Å². The van der Waals surface area contributed by atoms with E-state index in [-0.39, 0.29) is 5.91 Å². The molecule has 0 aliphatic rings. The molecule has 118 valence electrons. The van der Waals surface area contributed by atoms with E-state index in [1.54, 1.807) is 19.0 Å². The quantitative estimate of drug-likeness (QED) is 0.760. The number of nitrogens with zero attached hydrogens (tertiary/aromatic N) is 1. The predicted octanol–water partition coefficient (Wildman–Crippen LogP) is 2.47. The van der Waals surface area contributed by atoms with Crippen LogP contribution in [0, 0.1) is 0 Å². The topological polar surface area (TPSA) is 41.6 Å². The van der Waals surface area contributed by atoms with Crippen molar-refractivity contribution in [3.8, 4) is 5.75 Å². The molecule has 1 aromatic rings. The van der Waals surface area contributed by atoms with Gasteiger partial charge in [0.2, 0.25) is 5.91 Å². The van der Waals surface area contributed by atoms with Crippen LogP contribution in [0.25, 0.3) is 0 Å². The van der Waals surface area contributed by atoms with Crippen molar-refractivity contribution >= 4 is 5.91 Å². The van der Waals surface area contributed by atoms with Gasteiger partial charge < -0.3 is 15.0 Å². The lowest BCUT2D eigenvalue weighted by molar-refractivity contribution is -0.129. The summed E-state index contributed by atoms with van der Waals surface area (Å²) in [6.45, 7) is 5.85. The van der Waals surface area contributed by atoms with E-state index < -0.39 is 0 Å². The van der Waals surface area contributed by atoms with Crippen LogP contribution < -0.4 is 10.1 Å². The molecule has 0 aliphatic carbocycles. The second kappa shape index (κ2) is 9.40. The average Bonchev–Trinajstić information content (AvgIpc) is 2.46. The van der Waals surface area contributed by atoms with Crippen LogP contribution in [0.1, 0.15) is 32.3 Å². The Labute approximate surface area is 128 Å². The van der Waals surface area contributed by atoms with Crippen molar-refractivity contribution in [1.82, 2.24) is 10.2 Å². The summed E-state index contributed by atoms with van der Waals surface area (Å²) in [5, 5.41) is 3.48. The Morgan fingerprint density at radius 2 is 1.95 bits per heavy atom. The largest absolute Gasteiger partial charge is 0.493 e. The number of benzene rings is 1. The number of rotatable bonds is 9. The Bertz CT molecular complexity index is 415. The molecule has 1 atom stereocenters. The molecule has 0 fully saturated rings. The first-order chi connectivity index (χ1) is 10.0. The third-order valence-corrected chi connectivity index (χ3v) is 3.29. The third kappa shape index (κ3) is 7.14. The highest BCUT2D eigenvalue weighted by atomic mass is 16.5. The van der Waals surface area contributed by atoms with Crippen LogP contribution in [0.2, 0.25) is 0 Å². The van der Waals surface area contributed by atoms with Gasteiger partial charge in [-0.15, -0.1) is 0 Å². The van der Waals surface area contributed by atoms with Crippen molar-refractivity contribution in [2.24, 2.45) is 0 Å². The monoisotopic (exact) mass is 292 g/mol. The SMILES string of the molecule is CCCNC(C)Cc1ccc(OCCC(=O)N(C)C)cc1. The number of carbonyl (C=O) groups excluding carboxylic acids is 1. The zero-order valence-corrected chi connectivity index (χ0v) is 13.7. The van der Waals surface area contributed by atoms with E-state index in [9.17, 15) is 4.79 Å². The first-order valence-electron chi connectivity index (χ1n) is 7.68. The molecule has 1 aromatic carbocycles. The first kappa shape index (κ1) is 17.5. The molecule has 0 spiro atoms. The second-order valence-electron chi connectivity index (χ2n) is 5.59. The lowest BCUT2D eigenvalue weighted by atomic mass is 10.1. The van der Waals surface area contributed by atoms with E-state index in [4.69, 9.17) is 4.74 Å². The standard InChI is InChI=1S/C17H28N2O2/c1-5-11-18-14(2)13-15-6-8-16(9-7-15)21-12-10-17(20)19(3)4/h6-9,14,18H,5,10-13H2,1-4H3. The number of amides is 1. The van der Waals surface area contributed by atoms with Crippen LogP contribution in [-0.2, 0) is 11.2 Å². The molecule has 1 amide bonds. The van der Waals surface area contributed by atoms with Gasteiger partial charge in [0, 0.05) is 20.1 Å². The summed E-state index contributed by atoms with van der Waals surface area (Å²) in [6.07, 6.45) is 2.58. The molecule has 1 rings (SSSR count). The average molecular weight is 292 g/mol. The highest BCUT2D eigenvalue weighted by Gasteiger charge is 2.05. The summed E-state index contributed by atoms with van der Waals surface area (Å²) in [7, 11) is 3.51. The van der Waals surface area contributed by atoms with Crippen LogP contribution in [0.3, 0.4) is 0 Å². The van der Waals surface area contributed by atoms with Gasteiger partial charge in [-0.25, -0.2) is 0 Å². The number of carbonyl (C=O) groups is 1. The minimum Gasteiger partial charge on any atom is -0.493 e. The smallest absolute Gasteiger partial charge is 0.225 e. The van der Waals surface area contributed by atoms with Gasteiger partial charge in [-0.2, -0.15) is 0 Å². The highest BCUT2D eigenvalue weighted by molar-refractivity contribution is 5.75. The highest BCUT2D eigenvalue weighted by Crippen LogP contribution is 2.13. The molecule has 0 saturated carbocycles. The van der Waals surface area contributed by atoms with Gasteiger partial charge in [0.25, 0.3) is 0 Å². The number of hydrogen-bond acceptors (Lipinski definition) is 3. The number of ether oxygens (including phenoxy) is 1. The Balaban J connectivity index is 2.35. The number of hydrogen-bond donors (Lipinski definition) is 1. The van der Waals surface area contributed by atoms with E-state index >= 15 is 0 Å². The summed E-state index contributed by atoms with van der Waals surface area (Å²) in [6, 6.07) is 8.61. The first-order valence-corrected chi connectivity index (χ1v) is 7.68. The second-order valence-corrected chi connectivity index (χ2v) is 5.59.